The maximum absolute atomic E-state index is 12.5. The lowest BCUT2D eigenvalue weighted by Crippen LogP contribution is -2.45. The van der Waals surface area contributed by atoms with Crippen LogP contribution in [0.5, 0.6) is 0 Å². The number of aromatic amines is 1. The highest BCUT2D eigenvalue weighted by atomic mass is 32.1. The second-order valence-corrected chi connectivity index (χ2v) is 9.23. The van der Waals surface area contributed by atoms with Crippen molar-refractivity contribution in [3.05, 3.63) is 68.7 Å². The highest BCUT2D eigenvalue weighted by Crippen LogP contribution is 2.25. The van der Waals surface area contributed by atoms with Crippen LogP contribution < -0.4 is 5.56 Å². The molecule has 1 fully saturated rings. The van der Waals surface area contributed by atoms with Gasteiger partial charge in [-0.05, 0) is 31.5 Å². The van der Waals surface area contributed by atoms with E-state index in [0.717, 1.165) is 70.4 Å². The molecule has 154 valence electrons. The molecule has 0 spiro atoms. The number of fused-ring (bicyclic) bond motifs is 2. The monoisotopic (exact) mass is 419 g/mol. The minimum Gasteiger partial charge on any atom is -0.309 e. The van der Waals surface area contributed by atoms with E-state index in [1.165, 1.54) is 5.39 Å². The Labute approximate surface area is 179 Å². The molecule has 0 bridgehead atoms. The molecule has 1 N–H and O–H groups in total. The van der Waals surface area contributed by atoms with Crippen molar-refractivity contribution < 1.29 is 0 Å². The summed E-state index contributed by atoms with van der Waals surface area (Å²) in [4.78, 5) is 31.8. The fourth-order valence-corrected chi connectivity index (χ4v) is 5.17. The summed E-state index contributed by atoms with van der Waals surface area (Å²) in [6.45, 7) is 9.47. The summed E-state index contributed by atoms with van der Waals surface area (Å²) in [5.41, 5.74) is 3.20. The Kier molecular flexibility index (Phi) is 5.10. The van der Waals surface area contributed by atoms with Crippen molar-refractivity contribution in [2.45, 2.75) is 26.9 Å². The molecule has 30 heavy (non-hydrogen) atoms. The summed E-state index contributed by atoms with van der Waals surface area (Å²) in [5.74, 6) is 0.762. The van der Waals surface area contributed by atoms with Gasteiger partial charge in [0, 0.05) is 43.0 Å². The first kappa shape index (κ1) is 19.4. The number of thiophene rings is 1. The first-order valence-electron chi connectivity index (χ1n) is 10.3. The molecule has 0 unspecified atom stereocenters. The summed E-state index contributed by atoms with van der Waals surface area (Å²) >= 11 is 1.61. The smallest absolute Gasteiger partial charge is 0.259 e. The Morgan fingerprint density at radius 3 is 2.50 bits per heavy atom. The van der Waals surface area contributed by atoms with Gasteiger partial charge in [-0.1, -0.05) is 24.3 Å². The number of rotatable bonds is 4. The van der Waals surface area contributed by atoms with Crippen LogP contribution in [0.2, 0.25) is 0 Å². The average Bonchev–Trinajstić information content (AvgIpc) is 3.03. The molecule has 0 radical (unpaired) electrons. The van der Waals surface area contributed by atoms with Gasteiger partial charge in [0.25, 0.3) is 5.56 Å². The summed E-state index contributed by atoms with van der Waals surface area (Å²) in [5, 5.41) is 1.93. The van der Waals surface area contributed by atoms with Gasteiger partial charge >= 0.3 is 0 Å². The van der Waals surface area contributed by atoms with E-state index in [2.05, 4.69) is 39.0 Å². The molecule has 4 heterocycles. The molecule has 0 saturated carbocycles. The number of nitrogens with zero attached hydrogens (tertiary/aromatic N) is 4. The Morgan fingerprint density at radius 2 is 1.70 bits per heavy atom. The summed E-state index contributed by atoms with van der Waals surface area (Å²) in [7, 11) is 0. The molecule has 1 aromatic carbocycles. The lowest BCUT2D eigenvalue weighted by atomic mass is 10.2. The van der Waals surface area contributed by atoms with Crippen molar-refractivity contribution in [1.82, 2.24) is 24.8 Å². The average molecular weight is 420 g/mol. The highest BCUT2D eigenvalue weighted by Gasteiger charge is 2.19. The number of para-hydroxylation sites is 1. The molecule has 3 aromatic heterocycles. The molecule has 5 rings (SSSR count). The molecule has 4 aromatic rings. The molecule has 0 amide bonds. The zero-order valence-electron chi connectivity index (χ0n) is 17.3. The Balaban J connectivity index is 1.22. The quantitative estimate of drug-likeness (QED) is 0.549. The SMILES string of the molecule is Cc1sc2nc(CN3CCN(Cc4ccc5ccccc5n4)CC3)[nH]c(=O)c2c1C. The van der Waals surface area contributed by atoms with E-state index in [4.69, 9.17) is 9.97 Å². The summed E-state index contributed by atoms with van der Waals surface area (Å²) in [6, 6.07) is 12.5. The van der Waals surface area contributed by atoms with E-state index >= 15 is 0 Å². The predicted octanol–water partition coefficient (Wildman–Crippen LogP) is 3.47. The van der Waals surface area contributed by atoms with Crippen LogP contribution in [-0.2, 0) is 13.1 Å². The Morgan fingerprint density at radius 1 is 0.967 bits per heavy atom. The maximum Gasteiger partial charge on any atom is 0.259 e. The standard InChI is InChI=1S/C23H25N5OS/c1-15-16(2)30-23-21(15)22(29)25-20(26-23)14-28-11-9-27(10-12-28)13-18-8-7-17-5-3-4-6-19(17)24-18/h3-8H,9-14H2,1-2H3,(H,25,26,29). The Hall–Kier alpha value is -2.61. The van der Waals surface area contributed by atoms with Gasteiger partial charge in [-0.15, -0.1) is 11.3 Å². The van der Waals surface area contributed by atoms with Crippen LogP contribution in [0.3, 0.4) is 0 Å². The molecule has 7 heteroatoms. The van der Waals surface area contributed by atoms with E-state index in [1.807, 2.05) is 26.0 Å². The number of H-pyrrole nitrogens is 1. The molecule has 1 saturated heterocycles. The molecule has 1 aliphatic rings. The number of benzene rings is 1. The maximum atomic E-state index is 12.5. The number of hydrogen-bond acceptors (Lipinski definition) is 6. The highest BCUT2D eigenvalue weighted by molar-refractivity contribution is 7.18. The minimum atomic E-state index is -0.0159. The predicted molar refractivity (Wildman–Crippen MR) is 122 cm³/mol. The molecular formula is C23H25N5OS. The second-order valence-electron chi connectivity index (χ2n) is 8.02. The summed E-state index contributed by atoms with van der Waals surface area (Å²) in [6.07, 6.45) is 0. The Bertz CT molecular complexity index is 1270. The minimum absolute atomic E-state index is 0.0159. The van der Waals surface area contributed by atoms with Gasteiger partial charge in [0.1, 0.15) is 10.7 Å². The van der Waals surface area contributed by atoms with Gasteiger partial charge in [-0.2, -0.15) is 0 Å². The van der Waals surface area contributed by atoms with Gasteiger partial charge in [-0.25, -0.2) is 4.98 Å². The number of aromatic nitrogens is 3. The van der Waals surface area contributed by atoms with Gasteiger partial charge in [-0.3, -0.25) is 19.6 Å². The third-order valence-electron chi connectivity index (χ3n) is 5.97. The van der Waals surface area contributed by atoms with Gasteiger partial charge in [0.15, 0.2) is 0 Å². The van der Waals surface area contributed by atoms with Crippen LogP contribution in [0.1, 0.15) is 22.0 Å². The molecule has 0 aliphatic carbocycles. The van der Waals surface area contributed by atoms with Crippen molar-refractivity contribution in [3.8, 4) is 0 Å². The van der Waals surface area contributed by atoms with E-state index in [1.54, 1.807) is 11.3 Å². The van der Waals surface area contributed by atoms with Crippen molar-refractivity contribution in [1.29, 1.82) is 0 Å². The lowest BCUT2D eigenvalue weighted by Gasteiger charge is -2.34. The number of piperazine rings is 1. The fourth-order valence-electron chi connectivity index (χ4n) is 4.12. The van der Waals surface area contributed by atoms with Crippen molar-refractivity contribution in [2.75, 3.05) is 26.2 Å². The van der Waals surface area contributed by atoms with Crippen LogP contribution in [0.25, 0.3) is 21.1 Å². The van der Waals surface area contributed by atoms with Crippen LogP contribution in [0, 0.1) is 13.8 Å². The summed E-state index contributed by atoms with van der Waals surface area (Å²) < 4.78 is 0. The van der Waals surface area contributed by atoms with Crippen LogP contribution >= 0.6 is 11.3 Å². The van der Waals surface area contributed by atoms with Crippen molar-refractivity contribution in [2.24, 2.45) is 0 Å². The van der Waals surface area contributed by atoms with Gasteiger partial charge in [0.2, 0.25) is 0 Å². The number of aryl methyl sites for hydroxylation is 2. The second kappa shape index (κ2) is 7.91. The normalized spacial score (nSPS) is 15.9. The van der Waals surface area contributed by atoms with E-state index < -0.39 is 0 Å². The van der Waals surface area contributed by atoms with E-state index in [0.29, 0.717) is 6.54 Å². The first-order valence-corrected chi connectivity index (χ1v) is 11.2. The molecule has 6 nitrogen and oxygen atoms in total. The number of hydrogen-bond donors (Lipinski definition) is 1. The third kappa shape index (κ3) is 3.76. The topological polar surface area (TPSA) is 65.1 Å². The molecular weight excluding hydrogens is 394 g/mol. The van der Waals surface area contributed by atoms with Crippen LogP contribution in [-0.4, -0.2) is 50.9 Å². The third-order valence-corrected chi connectivity index (χ3v) is 7.07. The lowest BCUT2D eigenvalue weighted by molar-refractivity contribution is 0.119. The van der Waals surface area contributed by atoms with Crippen molar-refractivity contribution in [3.63, 3.8) is 0 Å². The largest absolute Gasteiger partial charge is 0.309 e. The zero-order valence-corrected chi connectivity index (χ0v) is 18.1. The first-order chi connectivity index (χ1) is 14.6. The van der Waals surface area contributed by atoms with Crippen LogP contribution in [0.15, 0.2) is 41.2 Å². The van der Waals surface area contributed by atoms with Gasteiger partial charge < -0.3 is 4.98 Å². The van der Waals surface area contributed by atoms with Gasteiger partial charge in [0.05, 0.1) is 23.1 Å². The zero-order chi connectivity index (χ0) is 20.7. The number of pyridine rings is 1. The van der Waals surface area contributed by atoms with Crippen molar-refractivity contribution >= 4 is 32.5 Å². The fraction of sp³-hybridized carbons (Fsp3) is 0.348. The molecule has 0 atom stereocenters. The van der Waals surface area contributed by atoms with Crippen LogP contribution in [0.4, 0.5) is 0 Å². The molecule has 1 aliphatic heterocycles. The van der Waals surface area contributed by atoms with E-state index in [-0.39, 0.29) is 5.56 Å². The number of nitrogens with one attached hydrogen (secondary N) is 1. The van der Waals surface area contributed by atoms with E-state index in [9.17, 15) is 4.79 Å².